The first kappa shape index (κ1) is 15.8. The van der Waals surface area contributed by atoms with Gasteiger partial charge in [0.2, 0.25) is 5.88 Å². The van der Waals surface area contributed by atoms with Crippen LogP contribution in [0.2, 0.25) is 0 Å². The van der Waals surface area contributed by atoms with Crippen LogP contribution in [0, 0.1) is 16.3 Å². The van der Waals surface area contributed by atoms with Crippen LogP contribution >= 0.6 is 22.6 Å². The summed E-state index contributed by atoms with van der Waals surface area (Å²) in [6.07, 6.45) is 0. The lowest BCUT2D eigenvalue weighted by Crippen LogP contribution is -2.26. The monoisotopic (exact) mass is 429 g/mol. The Labute approximate surface area is 144 Å². The van der Waals surface area contributed by atoms with E-state index in [9.17, 15) is 14.0 Å². The highest BCUT2D eigenvalue weighted by atomic mass is 127. The minimum Gasteiger partial charge on any atom is -0.476 e. The van der Waals surface area contributed by atoms with Gasteiger partial charge < -0.3 is 15.8 Å². The molecule has 0 saturated carbocycles. The fourth-order valence-electron chi connectivity index (χ4n) is 2.53. The first-order valence-electron chi connectivity index (χ1n) is 6.82. The van der Waals surface area contributed by atoms with Gasteiger partial charge in [0.25, 0.3) is 11.5 Å². The number of nitrogens with one attached hydrogen (secondary N) is 1. The molecule has 0 unspecified atom stereocenters. The molecule has 0 aliphatic carbocycles. The zero-order valence-corrected chi connectivity index (χ0v) is 14.3. The van der Waals surface area contributed by atoms with Crippen molar-refractivity contribution in [1.82, 2.24) is 4.57 Å². The van der Waals surface area contributed by atoms with E-state index in [2.05, 4.69) is 5.32 Å². The Morgan fingerprint density at radius 1 is 1.48 bits per heavy atom. The van der Waals surface area contributed by atoms with E-state index in [-0.39, 0.29) is 40.5 Å². The van der Waals surface area contributed by atoms with Gasteiger partial charge in [-0.05, 0) is 47.7 Å². The van der Waals surface area contributed by atoms with Gasteiger partial charge in [0.15, 0.2) is 0 Å². The van der Waals surface area contributed by atoms with E-state index < -0.39 is 11.7 Å². The summed E-state index contributed by atoms with van der Waals surface area (Å²) in [5.41, 5.74) is 5.82. The van der Waals surface area contributed by atoms with Crippen LogP contribution in [0.4, 0.5) is 15.8 Å². The molecule has 0 atom stereocenters. The minimum absolute atomic E-state index is 0.0533. The van der Waals surface area contributed by atoms with E-state index in [1.54, 1.807) is 13.0 Å². The summed E-state index contributed by atoms with van der Waals surface area (Å²) in [5.74, 6) is -1.11. The van der Waals surface area contributed by atoms with Crippen molar-refractivity contribution in [3.63, 3.8) is 0 Å². The largest absolute Gasteiger partial charge is 0.476 e. The summed E-state index contributed by atoms with van der Waals surface area (Å²) in [5, 5.41) is 2.82. The summed E-state index contributed by atoms with van der Waals surface area (Å²) in [6, 6.07) is 4.59. The molecular formula is C15H13FIN3O3. The quantitative estimate of drug-likeness (QED) is 0.733. The van der Waals surface area contributed by atoms with Gasteiger partial charge in [-0.1, -0.05) is 0 Å². The molecule has 8 heteroatoms. The van der Waals surface area contributed by atoms with Crippen LogP contribution in [0.15, 0.2) is 23.0 Å². The van der Waals surface area contributed by atoms with Crippen LogP contribution in [0.25, 0.3) is 0 Å². The van der Waals surface area contributed by atoms with Gasteiger partial charge in [-0.3, -0.25) is 14.2 Å². The molecule has 23 heavy (non-hydrogen) atoms. The zero-order chi connectivity index (χ0) is 16.7. The summed E-state index contributed by atoms with van der Waals surface area (Å²) in [6.45, 7) is 2.21. The van der Waals surface area contributed by atoms with Crippen LogP contribution in [-0.4, -0.2) is 17.1 Å². The molecule has 3 N–H and O–H groups in total. The van der Waals surface area contributed by atoms with E-state index in [1.807, 2.05) is 22.6 Å². The number of aromatic nitrogens is 1. The standard InChI is InChI=1S/C15H13FIN3O3/c1-7-12(19-10-3-2-8(17)6-9(10)16)11(13(18)21)15-20(14(7)22)4-5-23-15/h2-3,6,19H,4-5H2,1H3,(H2,18,21). The fourth-order valence-corrected chi connectivity index (χ4v) is 2.98. The molecule has 1 aliphatic rings. The summed E-state index contributed by atoms with van der Waals surface area (Å²) < 4.78 is 21.6. The lowest BCUT2D eigenvalue weighted by atomic mass is 10.1. The molecule has 2 heterocycles. The van der Waals surface area contributed by atoms with Crippen molar-refractivity contribution < 1.29 is 13.9 Å². The zero-order valence-electron chi connectivity index (χ0n) is 12.2. The van der Waals surface area contributed by atoms with Gasteiger partial charge in [-0.2, -0.15) is 0 Å². The molecule has 1 amide bonds. The van der Waals surface area contributed by atoms with Crippen molar-refractivity contribution in [3.05, 3.63) is 49.1 Å². The molecule has 1 aromatic carbocycles. The molecule has 2 aromatic rings. The predicted molar refractivity (Wildman–Crippen MR) is 91.9 cm³/mol. The maximum atomic E-state index is 14.1. The second-order valence-corrected chi connectivity index (χ2v) is 6.34. The Morgan fingerprint density at radius 3 is 2.87 bits per heavy atom. The van der Waals surface area contributed by atoms with Crippen LogP contribution in [-0.2, 0) is 6.54 Å². The molecule has 120 valence electrons. The normalized spacial score (nSPS) is 12.7. The van der Waals surface area contributed by atoms with Crippen LogP contribution in [0.5, 0.6) is 5.88 Å². The number of carbonyl (C=O) groups excluding carboxylic acids is 1. The molecule has 1 aliphatic heterocycles. The number of hydrogen-bond donors (Lipinski definition) is 2. The number of benzene rings is 1. The van der Waals surface area contributed by atoms with Gasteiger partial charge in [-0.15, -0.1) is 0 Å². The minimum atomic E-state index is -0.743. The number of primary amides is 1. The highest BCUT2D eigenvalue weighted by Gasteiger charge is 2.27. The number of halogens is 2. The number of ether oxygens (including phenoxy) is 1. The first-order chi connectivity index (χ1) is 10.9. The van der Waals surface area contributed by atoms with Crippen molar-refractivity contribution in [2.75, 3.05) is 11.9 Å². The molecule has 0 spiro atoms. The third-order valence-electron chi connectivity index (χ3n) is 3.64. The Balaban J connectivity index is 2.21. The molecule has 0 fully saturated rings. The lowest BCUT2D eigenvalue weighted by Gasteiger charge is -2.16. The topological polar surface area (TPSA) is 86.4 Å². The van der Waals surface area contributed by atoms with E-state index in [0.29, 0.717) is 6.54 Å². The van der Waals surface area contributed by atoms with E-state index >= 15 is 0 Å². The van der Waals surface area contributed by atoms with E-state index in [1.165, 1.54) is 16.7 Å². The van der Waals surface area contributed by atoms with Crippen LogP contribution < -0.4 is 21.3 Å². The Bertz CT molecular complexity index is 879. The van der Waals surface area contributed by atoms with Crippen molar-refractivity contribution in [1.29, 1.82) is 0 Å². The fraction of sp³-hybridized carbons (Fsp3) is 0.200. The van der Waals surface area contributed by atoms with Gasteiger partial charge in [-0.25, -0.2) is 4.39 Å². The number of pyridine rings is 1. The number of rotatable bonds is 3. The van der Waals surface area contributed by atoms with Crippen LogP contribution in [0.1, 0.15) is 15.9 Å². The maximum Gasteiger partial charge on any atom is 0.258 e. The SMILES string of the molecule is Cc1c(Nc2ccc(I)cc2F)c(C(N)=O)c2n(c1=O)CCO2. The molecule has 6 nitrogen and oxygen atoms in total. The molecule has 3 rings (SSSR count). The molecular weight excluding hydrogens is 416 g/mol. The van der Waals surface area contributed by atoms with Crippen molar-refractivity contribution in [2.24, 2.45) is 5.73 Å². The first-order valence-corrected chi connectivity index (χ1v) is 7.90. The average Bonchev–Trinajstić information content (AvgIpc) is 2.96. The van der Waals surface area contributed by atoms with Gasteiger partial charge in [0.1, 0.15) is 18.0 Å². The van der Waals surface area contributed by atoms with Crippen LogP contribution in [0.3, 0.4) is 0 Å². The smallest absolute Gasteiger partial charge is 0.258 e. The van der Waals surface area contributed by atoms with E-state index in [0.717, 1.165) is 3.57 Å². The maximum absolute atomic E-state index is 14.1. The van der Waals surface area contributed by atoms with Crippen molar-refractivity contribution >= 4 is 39.9 Å². The van der Waals surface area contributed by atoms with E-state index in [4.69, 9.17) is 10.5 Å². The summed E-state index contributed by atoms with van der Waals surface area (Å²) in [4.78, 5) is 24.2. The third-order valence-corrected chi connectivity index (χ3v) is 4.31. The van der Waals surface area contributed by atoms with Crippen molar-refractivity contribution in [3.8, 4) is 5.88 Å². The Hall–Kier alpha value is -2.10. The Morgan fingerprint density at radius 2 is 2.22 bits per heavy atom. The highest BCUT2D eigenvalue weighted by Crippen LogP contribution is 2.32. The summed E-state index contributed by atoms with van der Waals surface area (Å²) in [7, 11) is 0. The summed E-state index contributed by atoms with van der Waals surface area (Å²) >= 11 is 1.99. The number of fused-ring (bicyclic) bond motifs is 1. The second kappa shape index (κ2) is 5.84. The third kappa shape index (κ3) is 2.67. The second-order valence-electron chi connectivity index (χ2n) is 5.10. The van der Waals surface area contributed by atoms with Gasteiger partial charge in [0.05, 0.1) is 17.9 Å². The highest BCUT2D eigenvalue weighted by molar-refractivity contribution is 14.1. The van der Waals surface area contributed by atoms with Gasteiger partial charge >= 0.3 is 0 Å². The number of anilines is 2. The number of amides is 1. The lowest BCUT2D eigenvalue weighted by molar-refractivity contribution is 0.0997. The molecule has 1 aromatic heterocycles. The molecule has 0 radical (unpaired) electrons. The van der Waals surface area contributed by atoms with Crippen molar-refractivity contribution in [2.45, 2.75) is 13.5 Å². The number of hydrogen-bond acceptors (Lipinski definition) is 4. The number of carbonyl (C=O) groups is 1. The predicted octanol–water partition coefficient (Wildman–Crippen LogP) is 2.14. The van der Waals surface area contributed by atoms with Gasteiger partial charge in [0, 0.05) is 9.13 Å². The average molecular weight is 429 g/mol. The molecule has 0 saturated heterocycles. The molecule has 0 bridgehead atoms. The Kier molecular flexibility index (Phi) is 4.00. The number of nitrogens with two attached hydrogens (primary N) is 1. The number of nitrogens with zero attached hydrogens (tertiary/aromatic N) is 1.